The van der Waals surface area contributed by atoms with E-state index >= 15 is 0 Å². The number of halogens is 3. The highest BCUT2D eigenvalue weighted by molar-refractivity contribution is 6.00. The van der Waals surface area contributed by atoms with Crippen LogP contribution in [-0.2, 0) is 0 Å². The molecule has 0 spiro atoms. The van der Waals surface area contributed by atoms with Gasteiger partial charge >= 0.3 is 6.18 Å². The average molecular weight is 341 g/mol. The first-order valence-corrected chi connectivity index (χ1v) is 7.58. The van der Waals surface area contributed by atoms with Gasteiger partial charge < -0.3 is 4.90 Å². The van der Waals surface area contributed by atoms with Crippen LogP contribution in [0.1, 0.15) is 10.4 Å². The molecule has 3 aromatic rings. The highest BCUT2D eigenvalue weighted by Crippen LogP contribution is 2.34. The molecule has 126 valence electrons. The summed E-state index contributed by atoms with van der Waals surface area (Å²) >= 11 is 0. The molecule has 0 heterocycles. The second-order valence-corrected chi connectivity index (χ2v) is 5.38. The highest BCUT2D eigenvalue weighted by Gasteiger charge is 2.39. The Kier molecular flexibility index (Phi) is 4.57. The van der Waals surface area contributed by atoms with Crippen molar-refractivity contribution in [1.82, 2.24) is 0 Å². The Hall–Kier alpha value is -3.08. The van der Waals surface area contributed by atoms with Crippen molar-refractivity contribution in [3.05, 3.63) is 90.5 Å². The van der Waals surface area contributed by atoms with Crippen LogP contribution in [0.2, 0.25) is 0 Å². The predicted octanol–water partition coefficient (Wildman–Crippen LogP) is 5.90. The van der Waals surface area contributed by atoms with Crippen LogP contribution < -0.4 is 4.90 Å². The molecule has 0 amide bonds. The molecule has 0 N–H and O–H groups in total. The maximum atomic E-state index is 12.6. The number of carbonyl (C=O) groups excluding carboxylic acids is 1. The third-order valence-electron chi connectivity index (χ3n) is 3.67. The van der Waals surface area contributed by atoms with Crippen molar-refractivity contribution in [3.8, 4) is 0 Å². The molecule has 0 aliphatic heterocycles. The summed E-state index contributed by atoms with van der Waals surface area (Å²) in [5.74, 6) is -1.84. The third kappa shape index (κ3) is 3.71. The number of rotatable bonds is 4. The molecule has 3 aromatic carbocycles. The van der Waals surface area contributed by atoms with Gasteiger partial charge in [-0.3, -0.25) is 4.79 Å². The summed E-state index contributed by atoms with van der Waals surface area (Å²) in [6.07, 6.45) is -4.87. The first kappa shape index (κ1) is 16.8. The van der Waals surface area contributed by atoms with Crippen molar-refractivity contribution in [1.29, 1.82) is 0 Å². The number of para-hydroxylation sites is 2. The number of ketones is 1. The van der Waals surface area contributed by atoms with E-state index in [2.05, 4.69) is 0 Å². The van der Waals surface area contributed by atoms with Gasteiger partial charge in [-0.2, -0.15) is 13.2 Å². The van der Waals surface area contributed by atoms with E-state index in [9.17, 15) is 18.0 Å². The molecule has 0 aliphatic rings. The van der Waals surface area contributed by atoms with E-state index in [-0.39, 0.29) is 5.56 Å². The number of benzene rings is 3. The van der Waals surface area contributed by atoms with Crippen LogP contribution in [-0.4, -0.2) is 12.0 Å². The molecular weight excluding hydrogens is 327 g/mol. The molecule has 0 aromatic heterocycles. The lowest BCUT2D eigenvalue weighted by Crippen LogP contribution is -2.22. The number of nitrogens with zero attached hydrogens (tertiary/aromatic N) is 1. The lowest BCUT2D eigenvalue weighted by atomic mass is 10.1. The van der Waals surface area contributed by atoms with E-state index in [0.717, 1.165) is 11.4 Å². The molecule has 0 fully saturated rings. The molecule has 2 nitrogen and oxygen atoms in total. The molecule has 0 unspecified atom stereocenters. The average Bonchev–Trinajstić information content (AvgIpc) is 2.63. The largest absolute Gasteiger partial charge is 0.454 e. The molecule has 0 aliphatic carbocycles. The van der Waals surface area contributed by atoms with Crippen LogP contribution >= 0.6 is 0 Å². The summed E-state index contributed by atoms with van der Waals surface area (Å²) in [6, 6.07) is 24.3. The van der Waals surface area contributed by atoms with Crippen molar-refractivity contribution >= 4 is 22.8 Å². The Labute approximate surface area is 143 Å². The van der Waals surface area contributed by atoms with Gasteiger partial charge in [0.25, 0.3) is 5.78 Å². The molecule has 0 radical (unpaired) electrons. The Bertz CT molecular complexity index is 804. The smallest absolute Gasteiger partial charge is 0.311 e. The fourth-order valence-corrected chi connectivity index (χ4v) is 2.53. The van der Waals surface area contributed by atoms with Gasteiger partial charge in [0.15, 0.2) is 0 Å². The van der Waals surface area contributed by atoms with E-state index in [0.29, 0.717) is 5.69 Å². The normalized spacial score (nSPS) is 11.2. The monoisotopic (exact) mass is 341 g/mol. The van der Waals surface area contributed by atoms with Gasteiger partial charge in [-0.25, -0.2) is 0 Å². The highest BCUT2D eigenvalue weighted by atomic mass is 19.4. The minimum absolute atomic E-state index is 0.377. The molecule has 25 heavy (non-hydrogen) atoms. The van der Waals surface area contributed by atoms with E-state index in [4.69, 9.17) is 0 Å². The lowest BCUT2D eigenvalue weighted by molar-refractivity contribution is -0.0885. The fourth-order valence-electron chi connectivity index (χ4n) is 2.53. The maximum Gasteiger partial charge on any atom is 0.454 e. The number of hydrogen-bond acceptors (Lipinski definition) is 2. The van der Waals surface area contributed by atoms with E-state index < -0.39 is 12.0 Å². The number of Topliss-reactive ketones (excluding diaryl/α,β-unsaturated/α-hetero) is 1. The Morgan fingerprint density at radius 2 is 1.04 bits per heavy atom. The van der Waals surface area contributed by atoms with Crippen molar-refractivity contribution in [2.45, 2.75) is 6.18 Å². The van der Waals surface area contributed by atoms with Gasteiger partial charge in [0.2, 0.25) is 0 Å². The maximum absolute atomic E-state index is 12.6. The van der Waals surface area contributed by atoms with E-state index in [1.807, 2.05) is 65.6 Å². The second kappa shape index (κ2) is 6.81. The van der Waals surface area contributed by atoms with E-state index in [1.165, 1.54) is 24.3 Å². The molecule has 0 saturated heterocycles. The number of hydrogen-bond donors (Lipinski definition) is 0. The van der Waals surface area contributed by atoms with Crippen LogP contribution in [0.15, 0.2) is 84.9 Å². The quantitative estimate of drug-likeness (QED) is 0.551. The van der Waals surface area contributed by atoms with E-state index in [1.54, 1.807) is 0 Å². The molecular formula is C20H14F3NO. The van der Waals surface area contributed by atoms with Gasteiger partial charge in [-0.1, -0.05) is 36.4 Å². The summed E-state index contributed by atoms with van der Waals surface area (Å²) in [5.41, 5.74) is 2.01. The molecule has 0 saturated carbocycles. The van der Waals surface area contributed by atoms with Crippen LogP contribution in [0.4, 0.5) is 30.2 Å². The van der Waals surface area contributed by atoms with Crippen molar-refractivity contribution in [2.75, 3.05) is 4.90 Å². The van der Waals surface area contributed by atoms with Gasteiger partial charge in [0, 0.05) is 22.6 Å². The summed E-state index contributed by atoms with van der Waals surface area (Å²) in [7, 11) is 0. The van der Waals surface area contributed by atoms with Crippen molar-refractivity contribution in [2.24, 2.45) is 0 Å². The molecule has 0 atom stereocenters. The molecule has 5 heteroatoms. The summed E-state index contributed by atoms with van der Waals surface area (Å²) in [6.45, 7) is 0. The Morgan fingerprint density at radius 1 is 0.640 bits per heavy atom. The molecule has 3 rings (SSSR count). The zero-order valence-corrected chi connectivity index (χ0v) is 13.1. The third-order valence-corrected chi connectivity index (χ3v) is 3.67. The summed E-state index contributed by atoms with van der Waals surface area (Å²) in [5, 5.41) is 0. The van der Waals surface area contributed by atoms with Crippen molar-refractivity contribution < 1.29 is 18.0 Å². The Morgan fingerprint density at radius 3 is 1.44 bits per heavy atom. The lowest BCUT2D eigenvalue weighted by Gasteiger charge is -2.25. The van der Waals surface area contributed by atoms with Crippen LogP contribution in [0.25, 0.3) is 0 Å². The fraction of sp³-hybridized carbons (Fsp3) is 0.0500. The second-order valence-electron chi connectivity index (χ2n) is 5.38. The number of carbonyl (C=O) groups is 1. The Balaban J connectivity index is 2.02. The SMILES string of the molecule is O=C(c1ccc(N(c2ccccc2)c2ccccc2)cc1)C(F)(F)F. The number of anilines is 3. The van der Waals surface area contributed by atoms with Crippen molar-refractivity contribution in [3.63, 3.8) is 0 Å². The van der Waals surface area contributed by atoms with Crippen LogP contribution in [0.5, 0.6) is 0 Å². The minimum Gasteiger partial charge on any atom is -0.311 e. The summed E-state index contributed by atoms with van der Waals surface area (Å²) < 4.78 is 37.7. The number of alkyl halides is 3. The minimum atomic E-state index is -4.87. The van der Waals surface area contributed by atoms with Gasteiger partial charge in [0.05, 0.1) is 0 Å². The van der Waals surface area contributed by atoms with Gasteiger partial charge in [-0.05, 0) is 48.5 Å². The standard InChI is InChI=1S/C20H14F3NO/c21-20(22,23)19(25)15-11-13-18(14-12-15)24(16-7-3-1-4-8-16)17-9-5-2-6-10-17/h1-14H. The first-order chi connectivity index (χ1) is 12.0. The zero-order chi connectivity index (χ0) is 17.9. The zero-order valence-electron chi connectivity index (χ0n) is 13.1. The predicted molar refractivity (Wildman–Crippen MR) is 91.5 cm³/mol. The first-order valence-electron chi connectivity index (χ1n) is 7.58. The van der Waals surface area contributed by atoms with Gasteiger partial charge in [0.1, 0.15) is 0 Å². The van der Waals surface area contributed by atoms with Crippen LogP contribution in [0, 0.1) is 0 Å². The topological polar surface area (TPSA) is 20.3 Å². The summed E-state index contributed by atoms with van der Waals surface area (Å²) in [4.78, 5) is 13.3. The molecule has 0 bridgehead atoms. The van der Waals surface area contributed by atoms with Gasteiger partial charge in [-0.15, -0.1) is 0 Å². The van der Waals surface area contributed by atoms with Crippen LogP contribution in [0.3, 0.4) is 0 Å².